The Balaban J connectivity index is 2.24. The number of nitrogens with zero attached hydrogens (tertiary/aromatic N) is 1. The summed E-state index contributed by atoms with van der Waals surface area (Å²) in [5, 5.41) is 0.171. The van der Waals surface area contributed by atoms with E-state index in [0.717, 1.165) is 6.42 Å². The van der Waals surface area contributed by atoms with Gasteiger partial charge in [-0.3, -0.25) is 9.59 Å². The van der Waals surface area contributed by atoms with Crippen molar-refractivity contribution in [1.82, 2.24) is 4.90 Å². The maximum Gasteiger partial charge on any atom is 0.255 e. The molecule has 0 spiro atoms. The fraction of sp³-hybridized carbons (Fsp3) is 0.467. The van der Waals surface area contributed by atoms with E-state index in [4.69, 9.17) is 31.5 Å². The second-order valence-corrected chi connectivity index (χ2v) is 5.59. The lowest BCUT2D eigenvalue weighted by Gasteiger charge is -2.24. The van der Waals surface area contributed by atoms with Gasteiger partial charge in [0.15, 0.2) is 18.1 Å². The highest BCUT2D eigenvalue weighted by molar-refractivity contribution is 6.32. The quantitative estimate of drug-likeness (QED) is 0.835. The van der Waals surface area contributed by atoms with Crippen LogP contribution in [0.3, 0.4) is 0 Å². The number of nitrogens with two attached hydrogens (primary N) is 1. The molecular formula is C15H19ClN2O5. The summed E-state index contributed by atoms with van der Waals surface area (Å²) in [7, 11) is 3.14. The van der Waals surface area contributed by atoms with Gasteiger partial charge in [-0.2, -0.15) is 0 Å². The van der Waals surface area contributed by atoms with Crippen molar-refractivity contribution in [1.29, 1.82) is 0 Å². The molecule has 1 heterocycles. The molecule has 1 fully saturated rings. The Bertz CT molecular complexity index is 602. The van der Waals surface area contributed by atoms with Crippen molar-refractivity contribution in [2.45, 2.75) is 12.5 Å². The van der Waals surface area contributed by atoms with Crippen LogP contribution in [0.25, 0.3) is 0 Å². The van der Waals surface area contributed by atoms with Crippen LogP contribution in [0, 0.1) is 0 Å². The average Bonchev–Trinajstić information content (AvgIpc) is 3.05. The summed E-state index contributed by atoms with van der Waals surface area (Å²) < 4.78 is 15.7. The molecule has 1 unspecified atom stereocenters. The number of carbonyl (C=O) groups excluding carboxylic acids is 2. The maximum atomic E-state index is 12.6. The molecule has 1 saturated heterocycles. The lowest BCUT2D eigenvalue weighted by atomic mass is 10.1. The fourth-order valence-corrected chi connectivity index (χ4v) is 2.59. The monoisotopic (exact) mass is 342 g/mol. The minimum Gasteiger partial charge on any atom is -0.493 e. The Morgan fingerprint density at radius 2 is 2.22 bits per heavy atom. The zero-order valence-corrected chi connectivity index (χ0v) is 13.8. The molecule has 8 heteroatoms. The van der Waals surface area contributed by atoms with Gasteiger partial charge in [0.1, 0.15) is 0 Å². The van der Waals surface area contributed by atoms with Gasteiger partial charge in [-0.15, -0.1) is 0 Å². The largest absolute Gasteiger partial charge is 0.493 e. The molecule has 2 amide bonds. The zero-order valence-electron chi connectivity index (χ0n) is 13.0. The summed E-state index contributed by atoms with van der Waals surface area (Å²) in [6, 6.07) is 3.05. The van der Waals surface area contributed by atoms with Crippen molar-refractivity contribution in [2.75, 3.05) is 34.0 Å². The van der Waals surface area contributed by atoms with Crippen molar-refractivity contribution in [3.05, 3.63) is 22.7 Å². The highest BCUT2D eigenvalue weighted by Crippen LogP contribution is 2.36. The van der Waals surface area contributed by atoms with E-state index < -0.39 is 5.91 Å². The number of carbonyl (C=O) groups is 2. The fourth-order valence-electron chi connectivity index (χ4n) is 2.32. The van der Waals surface area contributed by atoms with Crippen LogP contribution in [0.2, 0.25) is 5.02 Å². The second kappa shape index (κ2) is 7.52. The highest BCUT2D eigenvalue weighted by atomic mass is 35.5. The van der Waals surface area contributed by atoms with E-state index in [1.54, 1.807) is 11.9 Å². The van der Waals surface area contributed by atoms with Crippen molar-refractivity contribution in [3.8, 4) is 11.5 Å². The van der Waals surface area contributed by atoms with Crippen LogP contribution in [0.1, 0.15) is 16.8 Å². The van der Waals surface area contributed by atoms with Gasteiger partial charge in [0.2, 0.25) is 0 Å². The topological polar surface area (TPSA) is 91.1 Å². The van der Waals surface area contributed by atoms with Crippen molar-refractivity contribution < 1.29 is 23.8 Å². The third kappa shape index (κ3) is 4.05. The second-order valence-electron chi connectivity index (χ2n) is 5.18. The number of likely N-dealkylation sites (N-methyl/N-ethyl adjacent to an activating group) is 1. The standard InChI is InChI=1S/C15H19ClN2O5/c1-18(10-3-4-22-7-10)15(20)9-5-11(16)14(12(6-9)21-2)23-8-13(17)19/h5-6,10H,3-4,7-8H2,1-2H3,(H2,17,19). The third-order valence-electron chi connectivity index (χ3n) is 3.61. The molecule has 126 valence electrons. The first-order valence-electron chi connectivity index (χ1n) is 7.07. The first-order chi connectivity index (χ1) is 10.9. The molecule has 2 N–H and O–H groups in total. The van der Waals surface area contributed by atoms with Gasteiger partial charge >= 0.3 is 0 Å². The summed E-state index contributed by atoms with van der Waals surface area (Å²) in [6.07, 6.45) is 0.799. The lowest BCUT2D eigenvalue weighted by molar-refractivity contribution is -0.119. The highest BCUT2D eigenvalue weighted by Gasteiger charge is 2.26. The van der Waals surface area contributed by atoms with Crippen LogP contribution in [0.5, 0.6) is 11.5 Å². The molecule has 0 aromatic heterocycles. The van der Waals surface area contributed by atoms with Gasteiger partial charge in [-0.1, -0.05) is 11.6 Å². The molecule has 7 nitrogen and oxygen atoms in total. The molecule has 1 aliphatic heterocycles. The summed E-state index contributed by atoms with van der Waals surface area (Å²) >= 11 is 6.15. The van der Waals surface area contributed by atoms with E-state index in [-0.39, 0.29) is 35.1 Å². The number of halogens is 1. The Morgan fingerprint density at radius 3 is 2.78 bits per heavy atom. The molecule has 1 aromatic carbocycles. The predicted molar refractivity (Wildman–Crippen MR) is 84.0 cm³/mol. The Morgan fingerprint density at radius 1 is 1.48 bits per heavy atom. The van der Waals surface area contributed by atoms with Crippen molar-refractivity contribution in [3.63, 3.8) is 0 Å². The minimum absolute atomic E-state index is 0.0399. The first-order valence-corrected chi connectivity index (χ1v) is 7.45. The maximum absolute atomic E-state index is 12.6. The van der Waals surface area contributed by atoms with Gasteiger partial charge in [0.05, 0.1) is 24.8 Å². The smallest absolute Gasteiger partial charge is 0.255 e. The average molecular weight is 343 g/mol. The molecule has 0 bridgehead atoms. The van der Waals surface area contributed by atoms with Crippen LogP contribution in [-0.4, -0.2) is 56.7 Å². The van der Waals surface area contributed by atoms with Gasteiger partial charge in [0, 0.05) is 19.2 Å². The minimum atomic E-state index is -0.635. The molecule has 0 aliphatic carbocycles. The SMILES string of the molecule is COc1cc(C(=O)N(C)C2CCOC2)cc(Cl)c1OCC(N)=O. The normalized spacial score (nSPS) is 16.9. The van der Waals surface area contributed by atoms with Crippen LogP contribution in [-0.2, 0) is 9.53 Å². The van der Waals surface area contributed by atoms with Crippen molar-refractivity contribution in [2.24, 2.45) is 5.73 Å². The molecule has 1 aliphatic rings. The zero-order chi connectivity index (χ0) is 17.0. The number of hydrogen-bond acceptors (Lipinski definition) is 5. The number of ether oxygens (including phenoxy) is 3. The molecule has 0 radical (unpaired) electrons. The van der Waals surface area contributed by atoms with Gasteiger partial charge in [-0.25, -0.2) is 0 Å². The van der Waals surface area contributed by atoms with Crippen LogP contribution < -0.4 is 15.2 Å². The molecule has 1 atom stereocenters. The van der Waals surface area contributed by atoms with Crippen molar-refractivity contribution >= 4 is 23.4 Å². The number of amides is 2. The van der Waals surface area contributed by atoms with E-state index >= 15 is 0 Å². The van der Waals surface area contributed by atoms with Gasteiger partial charge < -0.3 is 24.8 Å². The summed E-state index contributed by atoms with van der Waals surface area (Å²) in [5.74, 6) is -0.388. The third-order valence-corrected chi connectivity index (χ3v) is 3.89. The van der Waals surface area contributed by atoms with E-state index in [9.17, 15) is 9.59 Å². The Hall–Kier alpha value is -1.99. The van der Waals surface area contributed by atoms with Crippen LogP contribution in [0.15, 0.2) is 12.1 Å². The lowest BCUT2D eigenvalue weighted by Crippen LogP contribution is -2.37. The first kappa shape index (κ1) is 17.4. The summed E-state index contributed by atoms with van der Waals surface area (Å²) in [5.41, 5.74) is 5.42. The van der Waals surface area contributed by atoms with E-state index in [1.165, 1.54) is 19.2 Å². The Labute approximate surface area is 139 Å². The number of rotatable bonds is 6. The Kier molecular flexibility index (Phi) is 5.68. The summed E-state index contributed by atoms with van der Waals surface area (Å²) in [4.78, 5) is 25.0. The number of benzene rings is 1. The van der Waals surface area contributed by atoms with E-state index in [1.807, 2.05) is 0 Å². The molecule has 2 rings (SSSR count). The van der Waals surface area contributed by atoms with Gasteiger partial charge in [-0.05, 0) is 18.6 Å². The molecular weight excluding hydrogens is 324 g/mol. The number of hydrogen-bond donors (Lipinski definition) is 1. The van der Waals surface area contributed by atoms with E-state index in [2.05, 4.69) is 0 Å². The summed E-state index contributed by atoms with van der Waals surface area (Å²) in [6.45, 7) is 0.835. The number of primary amides is 1. The van der Waals surface area contributed by atoms with Gasteiger partial charge in [0.25, 0.3) is 11.8 Å². The van der Waals surface area contributed by atoms with Crippen LogP contribution >= 0.6 is 11.6 Å². The molecule has 1 aromatic rings. The van der Waals surface area contributed by atoms with E-state index in [0.29, 0.717) is 18.8 Å². The predicted octanol–water partition coefficient (Wildman–Crippen LogP) is 1.07. The molecule has 0 saturated carbocycles. The van der Waals surface area contributed by atoms with Crippen LogP contribution in [0.4, 0.5) is 0 Å². The number of methoxy groups -OCH3 is 1. The molecule has 23 heavy (non-hydrogen) atoms.